The van der Waals surface area contributed by atoms with Gasteiger partial charge in [0.05, 0.1) is 11.1 Å². The van der Waals surface area contributed by atoms with Crippen molar-refractivity contribution in [3.63, 3.8) is 0 Å². The maximum atomic E-state index is 12.2. The molecule has 8 heteroatoms. The Morgan fingerprint density at radius 1 is 1.00 bits per heavy atom. The van der Waals surface area contributed by atoms with Crippen LogP contribution in [0, 0.1) is 4.77 Å². The molecule has 2 amide bonds. The fraction of sp³-hybridized carbons (Fsp3) is 0. The second-order valence-electron chi connectivity index (χ2n) is 4.10. The second-order valence-corrected chi connectivity index (χ2v) is 4.51. The van der Waals surface area contributed by atoms with Gasteiger partial charge in [-0.15, -0.1) is 0 Å². The number of benzene rings is 1. The number of nitrogens with zero attached hydrogens (tertiary/aromatic N) is 1. The van der Waals surface area contributed by atoms with Gasteiger partial charge in [0.25, 0.3) is 17.4 Å². The fourth-order valence-electron chi connectivity index (χ4n) is 2.07. The molecule has 0 fully saturated rings. The van der Waals surface area contributed by atoms with E-state index in [1.165, 1.54) is 12.1 Å². The van der Waals surface area contributed by atoms with Crippen molar-refractivity contribution in [2.75, 3.05) is 4.90 Å². The summed E-state index contributed by atoms with van der Waals surface area (Å²) in [6.07, 6.45) is 0. The highest BCUT2D eigenvalue weighted by Crippen LogP contribution is 2.29. The summed E-state index contributed by atoms with van der Waals surface area (Å²) in [6, 6.07) is 6.17. The van der Waals surface area contributed by atoms with Crippen LogP contribution in [-0.4, -0.2) is 26.9 Å². The Hall–Kier alpha value is -2.74. The summed E-state index contributed by atoms with van der Waals surface area (Å²) < 4.78 is -0.104. The Morgan fingerprint density at radius 3 is 2.05 bits per heavy atom. The summed E-state index contributed by atoms with van der Waals surface area (Å²) in [4.78, 5) is 41.4. The monoisotopic (exact) mass is 289 g/mol. The van der Waals surface area contributed by atoms with Crippen LogP contribution in [0.3, 0.4) is 0 Å². The van der Waals surface area contributed by atoms with Crippen molar-refractivity contribution in [1.82, 2.24) is 9.97 Å². The fourth-order valence-corrected chi connectivity index (χ4v) is 2.26. The van der Waals surface area contributed by atoms with Gasteiger partial charge in [0, 0.05) is 0 Å². The summed E-state index contributed by atoms with van der Waals surface area (Å²) in [7, 11) is 0. The van der Waals surface area contributed by atoms with Gasteiger partial charge in [0.1, 0.15) is 0 Å². The number of aromatic hydroxyl groups is 1. The minimum atomic E-state index is -0.819. The Labute approximate surface area is 116 Å². The van der Waals surface area contributed by atoms with Crippen molar-refractivity contribution in [3.05, 3.63) is 50.5 Å². The lowest BCUT2D eigenvalue weighted by atomic mass is 10.1. The quantitative estimate of drug-likeness (QED) is 0.535. The van der Waals surface area contributed by atoms with Crippen LogP contribution in [0.25, 0.3) is 0 Å². The zero-order valence-electron chi connectivity index (χ0n) is 9.84. The number of fused-ring (bicyclic) bond motifs is 1. The first-order chi connectivity index (χ1) is 9.50. The molecule has 1 aromatic carbocycles. The molecular formula is C12H7N3O4S. The van der Waals surface area contributed by atoms with Crippen LogP contribution in [0.2, 0.25) is 0 Å². The van der Waals surface area contributed by atoms with Crippen molar-refractivity contribution in [3.8, 4) is 5.88 Å². The van der Waals surface area contributed by atoms with Crippen LogP contribution < -0.4 is 10.5 Å². The zero-order chi connectivity index (χ0) is 14.4. The van der Waals surface area contributed by atoms with E-state index >= 15 is 0 Å². The predicted octanol–water partition coefficient (Wildman–Crippen LogP) is 0.939. The summed E-state index contributed by atoms with van der Waals surface area (Å²) in [5.41, 5.74) is -0.928. The maximum Gasteiger partial charge on any atom is 0.280 e. The van der Waals surface area contributed by atoms with Crippen molar-refractivity contribution < 1.29 is 14.7 Å². The van der Waals surface area contributed by atoms with Crippen molar-refractivity contribution >= 4 is 29.7 Å². The van der Waals surface area contributed by atoms with Crippen molar-refractivity contribution in [2.24, 2.45) is 0 Å². The molecule has 0 unspecified atom stereocenters. The van der Waals surface area contributed by atoms with Gasteiger partial charge < -0.3 is 10.1 Å². The third kappa shape index (κ3) is 1.58. The molecule has 0 aliphatic carbocycles. The lowest BCUT2D eigenvalue weighted by Gasteiger charge is -2.13. The molecule has 20 heavy (non-hydrogen) atoms. The van der Waals surface area contributed by atoms with Crippen LogP contribution in [0.4, 0.5) is 5.69 Å². The van der Waals surface area contributed by atoms with Crippen LogP contribution in [-0.2, 0) is 0 Å². The Morgan fingerprint density at radius 2 is 1.55 bits per heavy atom. The molecule has 1 aliphatic heterocycles. The highest BCUT2D eigenvalue weighted by atomic mass is 32.1. The molecule has 2 aromatic rings. The minimum absolute atomic E-state index is 0.104. The van der Waals surface area contributed by atoms with Gasteiger partial charge in [-0.25, -0.2) is 4.90 Å². The number of hydrogen-bond acceptors (Lipinski definition) is 5. The van der Waals surface area contributed by atoms with Crippen molar-refractivity contribution in [1.29, 1.82) is 0 Å². The number of carbonyl (C=O) groups excluding carboxylic acids is 2. The van der Waals surface area contributed by atoms with Crippen LogP contribution >= 0.6 is 12.2 Å². The number of rotatable bonds is 1. The highest BCUT2D eigenvalue weighted by molar-refractivity contribution is 7.71. The summed E-state index contributed by atoms with van der Waals surface area (Å²) in [5.74, 6) is -1.97. The molecule has 3 N–H and O–H groups in total. The van der Waals surface area contributed by atoms with Crippen molar-refractivity contribution in [2.45, 2.75) is 0 Å². The average molecular weight is 289 g/mol. The van der Waals surface area contributed by atoms with Gasteiger partial charge in [0.15, 0.2) is 10.5 Å². The highest BCUT2D eigenvalue weighted by Gasteiger charge is 2.39. The molecule has 100 valence electrons. The van der Waals surface area contributed by atoms with Gasteiger partial charge in [-0.3, -0.25) is 19.4 Å². The van der Waals surface area contributed by atoms with E-state index < -0.39 is 28.9 Å². The van der Waals surface area contributed by atoms with E-state index in [1.807, 2.05) is 0 Å². The van der Waals surface area contributed by atoms with Crippen LogP contribution in [0.15, 0.2) is 29.1 Å². The molecule has 2 heterocycles. The lowest BCUT2D eigenvalue weighted by Crippen LogP contribution is -2.34. The van der Waals surface area contributed by atoms with Gasteiger partial charge in [-0.05, 0) is 24.4 Å². The molecule has 0 radical (unpaired) electrons. The first-order valence-electron chi connectivity index (χ1n) is 5.54. The molecule has 0 saturated heterocycles. The molecule has 1 aromatic heterocycles. The first kappa shape index (κ1) is 12.3. The largest absolute Gasteiger partial charge is 0.493 e. The molecule has 0 bridgehead atoms. The SMILES string of the molecule is O=C1c2ccccc2C(=O)N1c1c(O)[nH]c(=S)[nH]c1=O. The molecule has 3 rings (SSSR count). The maximum absolute atomic E-state index is 12.2. The standard InChI is InChI=1S/C12H7N3O4S/c16-8-7(9(17)14-12(20)13-8)15-10(18)5-3-1-2-4-6(5)11(15)19/h1-4H,(H3,13,14,16,17,20). The number of amides is 2. The summed E-state index contributed by atoms with van der Waals surface area (Å²) in [5, 5.41) is 9.76. The van der Waals surface area contributed by atoms with Crippen LogP contribution in [0.5, 0.6) is 5.88 Å². The van der Waals surface area contributed by atoms with Gasteiger partial charge >= 0.3 is 0 Å². The number of anilines is 1. The number of aromatic amines is 2. The third-order valence-corrected chi connectivity index (χ3v) is 3.12. The smallest absolute Gasteiger partial charge is 0.280 e. The normalized spacial score (nSPS) is 13.7. The molecule has 7 nitrogen and oxygen atoms in total. The number of hydrogen-bond donors (Lipinski definition) is 3. The zero-order valence-corrected chi connectivity index (χ0v) is 10.7. The predicted molar refractivity (Wildman–Crippen MR) is 71.5 cm³/mol. The van der Waals surface area contributed by atoms with E-state index in [9.17, 15) is 19.5 Å². The van der Waals surface area contributed by atoms with Gasteiger partial charge in [0.2, 0.25) is 5.88 Å². The van der Waals surface area contributed by atoms with E-state index in [-0.39, 0.29) is 15.9 Å². The summed E-state index contributed by atoms with van der Waals surface area (Å²) >= 11 is 4.69. The molecule has 1 aliphatic rings. The van der Waals surface area contributed by atoms with Gasteiger partial charge in [-0.1, -0.05) is 12.1 Å². The Kier molecular flexibility index (Phi) is 2.54. The molecule has 0 atom stereocenters. The van der Waals surface area contributed by atoms with E-state index in [1.54, 1.807) is 12.1 Å². The van der Waals surface area contributed by atoms with Gasteiger partial charge in [-0.2, -0.15) is 0 Å². The molecule has 0 spiro atoms. The first-order valence-corrected chi connectivity index (χ1v) is 5.95. The second kappa shape index (κ2) is 4.14. The topological polar surface area (TPSA) is 106 Å². The number of nitrogens with one attached hydrogen (secondary N) is 2. The lowest BCUT2D eigenvalue weighted by molar-refractivity contribution is 0.0924. The molecular weight excluding hydrogens is 282 g/mol. The van der Waals surface area contributed by atoms with E-state index in [4.69, 9.17) is 12.2 Å². The van der Waals surface area contributed by atoms with E-state index in [0.717, 1.165) is 0 Å². The average Bonchev–Trinajstić information content (AvgIpc) is 2.64. The summed E-state index contributed by atoms with van der Waals surface area (Å²) in [6.45, 7) is 0. The van der Waals surface area contributed by atoms with E-state index in [0.29, 0.717) is 4.90 Å². The number of H-pyrrole nitrogens is 2. The Bertz CT molecular complexity index is 832. The molecule has 0 saturated carbocycles. The Balaban J connectivity index is 2.25. The van der Waals surface area contributed by atoms with Crippen LogP contribution in [0.1, 0.15) is 20.7 Å². The minimum Gasteiger partial charge on any atom is -0.493 e. The number of carbonyl (C=O) groups is 2. The number of imide groups is 1. The van der Waals surface area contributed by atoms with E-state index in [2.05, 4.69) is 9.97 Å². The number of aromatic nitrogens is 2. The third-order valence-electron chi connectivity index (χ3n) is 2.92.